The molecule has 0 heterocycles. The average molecular weight is 250 g/mol. The summed E-state index contributed by atoms with van der Waals surface area (Å²) in [5.41, 5.74) is 5.89. The molecule has 0 radical (unpaired) electrons. The van der Waals surface area contributed by atoms with Gasteiger partial charge < -0.3 is 11.1 Å². The summed E-state index contributed by atoms with van der Waals surface area (Å²) < 4.78 is 0. The third kappa shape index (κ3) is 2.07. The van der Waals surface area contributed by atoms with Gasteiger partial charge in [0.15, 0.2) is 0 Å². The van der Waals surface area contributed by atoms with Crippen LogP contribution < -0.4 is 11.1 Å². The van der Waals surface area contributed by atoms with Gasteiger partial charge >= 0.3 is 0 Å². The Morgan fingerprint density at radius 2 is 2.00 bits per heavy atom. The number of hydrogen-bond donors (Lipinski definition) is 2. The Morgan fingerprint density at radius 3 is 2.61 bits per heavy atom. The van der Waals surface area contributed by atoms with Crippen LogP contribution in [0, 0.1) is 23.7 Å². The predicted molar refractivity (Wildman–Crippen MR) is 71.9 cm³/mol. The zero-order valence-electron chi connectivity index (χ0n) is 11.5. The van der Waals surface area contributed by atoms with Crippen LogP contribution in [0.4, 0.5) is 0 Å². The molecule has 0 spiro atoms. The largest absolute Gasteiger partial charge is 0.349 e. The van der Waals surface area contributed by atoms with Crippen LogP contribution in [-0.2, 0) is 4.79 Å². The zero-order valence-corrected chi connectivity index (χ0v) is 11.5. The predicted octanol–water partition coefficient (Wildman–Crippen LogP) is 2.06. The lowest BCUT2D eigenvalue weighted by molar-refractivity contribution is -0.128. The number of carbonyl (C=O) groups is 1. The highest BCUT2D eigenvalue weighted by Crippen LogP contribution is 2.54. The summed E-state index contributed by atoms with van der Waals surface area (Å²) in [7, 11) is 0. The lowest BCUT2D eigenvalue weighted by Crippen LogP contribution is -2.60. The van der Waals surface area contributed by atoms with E-state index in [2.05, 4.69) is 12.2 Å². The lowest BCUT2D eigenvalue weighted by Gasteiger charge is -2.43. The van der Waals surface area contributed by atoms with E-state index >= 15 is 0 Å². The minimum atomic E-state index is -0.109. The maximum atomic E-state index is 12.4. The van der Waals surface area contributed by atoms with Crippen LogP contribution in [0.15, 0.2) is 0 Å². The topological polar surface area (TPSA) is 55.1 Å². The highest BCUT2D eigenvalue weighted by atomic mass is 16.2. The first-order valence-electron chi connectivity index (χ1n) is 7.67. The molecule has 4 atom stereocenters. The second-order valence-electron chi connectivity index (χ2n) is 6.92. The molecule has 3 aliphatic rings. The number of fused-ring (bicyclic) bond motifs is 1. The summed E-state index contributed by atoms with van der Waals surface area (Å²) in [5, 5.41) is 3.35. The highest BCUT2D eigenvalue weighted by molar-refractivity contribution is 5.80. The van der Waals surface area contributed by atoms with E-state index in [1.165, 1.54) is 25.7 Å². The smallest absolute Gasteiger partial charge is 0.223 e. The fraction of sp³-hybridized carbons (Fsp3) is 0.933. The van der Waals surface area contributed by atoms with E-state index in [1.807, 2.05) is 0 Å². The van der Waals surface area contributed by atoms with Gasteiger partial charge in [-0.25, -0.2) is 0 Å². The summed E-state index contributed by atoms with van der Waals surface area (Å²) in [6.07, 6.45) is 8.40. The Morgan fingerprint density at radius 1 is 1.28 bits per heavy atom. The van der Waals surface area contributed by atoms with Crippen LogP contribution in [0.1, 0.15) is 51.9 Å². The van der Waals surface area contributed by atoms with Gasteiger partial charge in [-0.3, -0.25) is 4.79 Å². The van der Waals surface area contributed by atoms with E-state index in [0.29, 0.717) is 18.4 Å². The quantitative estimate of drug-likeness (QED) is 0.805. The fourth-order valence-electron chi connectivity index (χ4n) is 4.23. The van der Waals surface area contributed by atoms with Gasteiger partial charge in [0.05, 0.1) is 5.54 Å². The van der Waals surface area contributed by atoms with E-state index in [9.17, 15) is 4.79 Å². The fourth-order valence-corrected chi connectivity index (χ4v) is 4.23. The molecule has 3 nitrogen and oxygen atoms in total. The van der Waals surface area contributed by atoms with Gasteiger partial charge in [-0.05, 0) is 49.9 Å². The van der Waals surface area contributed by atoms with Crippen LogP contribution >= 0.6 is 0 Å². The molecule has 3 aliphatic carbocycles. The molecule has 3 heteroatoms. The number of amides is 1. The lowest BCUT2D eigenvalue weighted by atomic mass is 9.73. The maximum absolute atomic E-state index is 12.4. The van der Waals surface area contributed by atoms with Gasteiger partial charge in [0.1, 0.15) is 0 Å². The third-order valence-electron chi connectivity index (χ3n) is 5.80. The first-order chi connectivity index (χ1) is 8.64. The SMILES string of the molecule is CC1CCCCC1(CN)NC(=O)C1CC2CC2C1. The van der Waals surface area contributed by atoms with Crippen molar-refractivity contribution in [2.75, 3.05) is 6.54 Å². The molecule has 3 fully saturated rings. The van der Waals surface area contributed by atoms with Gasteiger partial charge in [0.2, 0.25) is 5.91 Å². The van der Waals surface area contributed by atoms with Gasteiger partial charge in [-0.1, -0.05) is 19.8 Å². The molecule has 18 heavy (non-hydrogen) atoms. The monoisotopic (exact) mass is 250 g/mol. The van der Waals surface area contributed by atoms with Crippen molar-refractivity contribution >= 4 is 5.91 Å². The molecular formula is C15H26N2O. The summed E-state index contributed by atoms with van der Waals surface area (Å²) in [4.78, 5) is 12.4. The summed E-state index contributed by atoms with van der Waals surface area (Å²) in [6.45, 7) is 2.85. The van der Waals surface area contributed by atoms with Crippen molar-refractivity contribution in [3.05, 3.63) is 0 Å². The van der Waals surface area contributed by atoms with Crippen molar-refractivity contribution < 1.29 is 4.79 Å². The van der Waals surface area contributed by atoms with Crippen molar-refractivity contribution in [1.29, 1.82) is 0 Å². The molecule has 0 saturated heterocycles. The Hall–Kier alpha value is -0.570. The summed E-state index contributed by atoms with van der Waals surface area (Å²) >= 11 is 0. The first-order valence-corrected chi connectivity index (χ1v) is 7.67. The maximum Gasteiger partial charge on any atom is 0.223 e. The Kier molecular flexibility index (Phi) is 3.13. The molecule has 0 aromatic rings. The molecule has 3 rings (SSSR count). The third-order valence-corrected chi connectivity index (χ3v) is 5.80. The molecule has 102 valence electrons. The van der Waals surface area contributed by atoms with Crippen molar-refractivity contribution in [3.8, 4) is 0 Å². The number of rotatable bonds is 3. The van der Waals surface area contributed by atoms with Crippen molar-refractivity contribution in [2.24, 2.45) is 29.4 Å². The van der Waals surface area contributed by atoms with E-state index in [-0.39, 0.29) is 11.5 Å². The molecular weight excluding hydrogens is 224 g/mol. The van der Waals surface area contributed by atoms with Crippen LogP contribution in [0.25, 0.3) is 0 Å². The van der Waals surface area contributed by atoms with Gasteiger partial charge in [0.25, 0.3) is 0 Å². The number of nitrogens with two attached hydrogens (primary N) is 1. The van der Waals surface area contributed by atoms with Crippen LogP contribution in [-0.4, -0.2) is 18.0 Å². The number of hydrogen-bond acceptors (Lipinski definition) is 2. The van der Waals surface area contributed by atoms with E-state index in [0.717, 1.165) is 31.1 Å². The number of nitrogens with one attached hydrogen (secondary N) is 1. The second-order valence-corrected chi connectivity index (χ2v) is 6.92. The van der Waals surface area contributed by atoms with Gasteiger partial charge in [-0.2, -0.15) is 0 Å². The van der Waals surface area contributed by atoms with Crippen LogP contribution in [0.5, 0.6) is 0 Å². The van der Waals surface area contributed by atoms with Crippen molar-refractivity contribution in [1.82, 2.24) is 5.32 Å². The van der Waals surface area contributed by atoms with Gasteiger partial charge in [-0.15, -0.1) is 0 Å². The summed E-state index contributed by atoms with van der Waals surface area (Å²) in [6, 6.07) is 0. The van der Waals surface area contributed by atoms with Crippen LogP contribution in [0.3, 0.4) is 0 Å². The minimum Gasteiger partial charge on any atom is -0.349 e. The van der Waals surface area contributed by atoms with Crippen molar-refractivity contribution in [2.45, 2.75) is 57.4 Å². The van der Waals surface area contributed by atoms with E-state index < -0.39 is 0 Å². The Bertz CT molecular complexity index is 333. The molecule has 0 aromatic heterocycles. The summed E-state index contributed by atoms with van der Waals surface area (Å²) in [5.74, 6) is 2.85. The molecule has 3 saturated carbocycles. The highest BCUT2D eigenvalue weighted by Gasteiger charge is 2.49. The minimum absolute atomic E-state index is 0.109. The first kappa shape index (κ1) is 12.5. The van der Waals surface area contributed by atoms with E-state index in [1.54, 1.807) is 0 Å². The van der Waals surface area contributed by atoms with E-state index in [4.69, 9.17) is 5.73 Å². The van der Waals surface area contributed by atoms with Crippen LogP contribution in [0.2, 0.25) is 0 Å². The second kappa shape index (κ2) is 4.52. The molecule has 0 bridgehead atoms. The molecule has 0 aliphatic heterocycles. The molecule has 1 amide bonds. The molecule has 0 aromatic carbocycles. The van der Waals surface area contributed by atoms with Gasteiger partial charge in [0, 0.05) is 12.5 Å². The normalized spacial score (nSPS) is 46.6. The van der Waals surface area contributed by atoms with Crippen molar-refractivity contribution in [3.63, 3.8) is 0 Å². The Labute approximate surface area is 110 Å². The molecule has 4 unspecified atom stereocenters. The standard InChI is InChI=1S/C15H26N2O/c1-10-4-2-3-5-15(10,9-16)17-14(18)13-7-11-6-12(11)8-13/h10-13H,2-9,16H2,1H3,(H,17,18). The zero-order chi connectivity index (χ0) is 12.8. The average Bonchev–Trinajstić information content (AvgIpc) is 2.99. The number of carbonyl (C=O) groups excluding carboxylic acids is 1. The molecule has 3 N–H and O–H groups in total. The Balaban J connectivity index is 1.63.